The summed E-state index contributed by atoms with van der Waals surface area (Å²) in [6.07, 6.45) is 4.73. The van der Waals surface area contributed by atoms with Gasteiger partial charge < -0.3 is 10.5 Å². The van der Waals surface area contributed by atoms with Gasteiger partial charge in [0.2, 0.25) is 0 Å². The smallest absolute Gasteiger partial charge is 0.104 e. The molecule has 0 amide bonds. The van der Waals surface area contributed by atoms with E-state index in [1.807, 2.05) is 12.4 Å². The fourth-order valence-corrected chi connectivity index (χ4v) is 3.45. The van der Waals surface area contributed by atoms with Crippen molar-refractivity contribution < 1.29 is 4.74 Å². The summed E-state index contributed by atoms with van der Waals surface area (Å²) in [6.45, 7) is 1.33. The van der Waals surface area contributed by atoms with Gasteiger partial charge in [-0.25, -0.2) is 0 Å². The van der Waals surface area contributed by atoms with E-state index in [0.717, 1.165) is 13.0 Å². The molecule has 1 aliphatic rings. The summed E-state index contributed by atoms with van der Waals surface area (Å²) in [5.41, 5.74) is 9.69. The first kappa shape index (κ1) is 10.9. The van der Waals surface area contributed by atoms with Crippen LogP contribution in [-0.2, 0) is 11.2 Å². The van der Waals surface area contributed by atoms with Gasteiger partial charge in [-0.15, -0.1) is 11.3 Å². The Morgan fingerprint density at radius 3 is 3.00 bits per heavy atom. The van der Waals surface area contributed by atoms with Crippen molar-refractivity contribution in [3.8, 4) is 11.1 Å². The average molecular weight is 246 g/mol. The van der Waals surface area contributed by atoms with E-state index in [0.29, 0.717) is 6.54 Å². The third kappa shape index (κ3) is 1.88. The average Bonchev–Trinajstić information content (AvgIpc) is 2.83. The van der Waals surface area contributed by atoms with E-state index in [2.05, 4.69) is 22.5 Å². The van der Waals surface area contributed by atoms with Gasteiger partial charge in [-0.2, -0.15) is 0 Å². The monoisotopic (exact) mass is 246 g/mol. The molecule has 0 saturated heterocycles. The Kier molecular flexibility index (Phi) is 2.93. The zero-order valence-corrected chi connectivity index (χ0v) is 10.2. The molecule has 0 spiro atoms. The maximum absolute atomic E-state index is 5.74. The number of ether oxygens (including phenoxy) is 1. The Morgan fingerprint density at radius 1 is 1.41 bits per heavy atom. The summed E-state index contributed by atoms with van der Waals surface area (Å²) in [4.78, 5) is 5.35. The minimum Gasteiger partial charge on any atom is -0.371 e. The molecule has 3 rings (SSSR count). The molecule has 1 atom stereocenters. The summed E-state index contributed by atoms with van der Waals surface area (Å²) < 4.78 is 5.68. The lowest BCUT2D eigenvalue weighted by atomic mass is 9.98. The van der Waals surface area contributed by atoms with Crippen molar-refractivity contribution in [1.82, 2.24) is 4.98 Å². The SMILES string of the molecule is NCC1OCCc2c(-c3ccncc3)csc21. The van der Waals surface area contributed by atoms with Crippen molar-refractivity contribution in [2.75, 3.05) is 13.2 Å². The van der Waals surface area contributed by atoms with Crippen LogP contribution in [0.2, 0.25) is 0 Å². The zero-order chi connectivity index (χ0) is 11.7. The van der Waals surface area contributed by atoms with E-state index in [1.54, 1.807) is 11.3 Å². The minimum atomic E-state index is 0.0827. The first-order valence-corrected chi connectivity index (χ1v) is 6.60. The number of pyridine rings is 1. The number of hydrogen-bond donors (Lipinski definition) is 1. The maximum atomic E-state index is 5.74. The minimum absolute atomic E-state index is 0.0827. The van der Waals surface area contributed by atoms with Crippen molar-refractivity contribution in [2.24, 2.45) is 5.73 Å². The molecule has 4 heteroatoms. The molecule has 2 aromatic heterocycles. The van der Waals surface area contributed by atoms with E-state index in [9.17, 15) is 0 Å². The summed E-state index contributed by atoms with van der Waals surface area (Å²) in [5.74, 6) is 0. The highest BCUT2D eigenvalue weighted by atomic mass is 32.1. The predicted molar refractivity (Wildman–Crippen MR) is 69.0 cm³/mol. The molecule has 0 bridgehead atoms. The van der Waals surface area contributed by atoms with Crippen LogP contribution in [0.25, 0.3) is 11.1 Å². The lowest BCUT2D eigenvalue weighted by Gasteiger charge is -2.22. The van der Waals surface area contributed by atoms with Gasteiger partial charge in [0.1, 0.15) is 6.10 Å². The Bertz CT molecular complexity index is 509. The molecule has 0 radical (unpaired) electrons. The Morgan fingerprint density at radius 2 is 2.24 bits per heavy atom. The van der Waals surface area contributed by atoms with Crippen molar-refractivity contribution >= 4 is 11.3 Å². The number of aromatic nitrogens is 1. The van der Waals surface area contributed by atoms with Crippen LogP contribution in [0, 0.1) is 0 Å². The van der Waals surface area contributed by atoms with Crippen LogP contribution in [0.15, 0.2) is 29.9 Å². The molecule has 1 unspecified atom stereocenters. The predicted octanol–water partition coefficient (Wildman–Crippen LogP) is 2.38. The number of rotatable bonds is 2. The number of fused-ring (bicyclic) bond motifs is 1. The summed E-state index contributed by atoms with van der Waals surface area (Å²) in [5, 5.41) is 2.21. The van der Waals surface area contributed by atoms with Crippen LogP contribution in [-0.4, -0.2) is 18.1 Å². The van der Waals surface area contributed by atoms with Crippen LogP contribution in [0.1, 0.15) is 16.5 Å². The summed E-state index contributed by atoms with van der Waals surface area (Å²) >= 11 is 1.75. The lowest BCUT2D eigenvalue weighted by molar-refractivity contribution is 0.0517. The number of hydrogen-bond acceptors (Lipinski definition) is 4. The van der Waals surface area contributed by atoms with E-state index in [-0.39, 0.29) is 6.10 Å². The van der Waals surface area contributed by atoms with Crippen molar-refractivity contribution in [3.63, 3.8) is 0 Å². The van der Waals surface area contributed by atoms with Gasteiger partial charge >= 0.3 is 0 Å². The Hall–Kier alpha value is -1.23. The second-order valence-electron chi connectivity index (χ2n) is 4.07. The van der Waals surface area contributed by atoms with Gasteiger partial charge in [0.15, 0.2) is 0 Å². The molecule has 0 aromatic carbocycles. The largest absolute Gasteiger partial charge is 0.371 e. The molecule has 3 nitrogen and oxygen atoms in total. The molecule has 0 aliphatic carbocycles. The normalized spacial score (nSPS) is 19.0. The van der Waals surface area contributed by atoms with E-state index >= 15 is 0 Å². The van der Waals surface area contributed by atoms with Crippen molar-refractivity contribution in [3.05, 3.63) is 40.3 Å². The quantitative estimate of drug-likeness (QED) is 0.885. The standard InChI is InChI=1S/C13H14N2OS/c14-7-12-13-10(3-6-16-12)11(8-17-13)9-1-4-15-5-2-9/h1-2,4-5,8,12H,3,6-7,14H2. The second kappa shape index (κ2) is 4.56. The lowest BCUT2D eigenvalue weighted by Crippen LogP contribution is -2.21. The van der Waals surface area contributed by atoms with Gasteiger partial charge in [0.05, 0.1) is 6.61 Å². The van der Waals surface area contributed by atoms with Crippen LogP contribution < -0.4 is 5.73 Å². The molecule has 0 fully saturated rings. The topological polar surface area (TPSA) is 48.1 Å². The fraction of sp³-hybridized carbons (Fsp3) is 0.308. The fourth-order valence-electron chi connectivity index (χ4n) is 2.25. The highest BCUT2D eigenvalue weighted by Crippen LogP contribution is 2.38. The maximum Gasteiger partial charge on any atom is 0.104 e. The first-order valence-electron chi connectivity index (χ1n) is 5.72. The second-order valence-corrected chi connectivity index (χ2v) is 4.98. The van der Waals surface area contributed by atoms with Gasteiger partial charge in [-0.3, -0.25) is 4.98 Å². The van der Waals surface area contributed by atoms with Crippen molar-refractivity contribution in [1.29, 1.82) is 0 Å². The van der Waals surface area contributed by atoms with Gasteiger partial charge in [-0.05, 0) is 40.6 Å². The van der Waals surface area contributed by atoms with E-state index in [4.69, 9.17) is 10.5 Å². The highest BCUT2D eigenvalue weighted by Gasteiger charge is 2.24. The first-order chi connectivity index (χ1) is 8.40. The molecule has 88 valence electrons. The molecule has 3 heterocycles. The molecule has 17 heavy (non-hydrogen) atoms. The summed E-state index contributed by atoms with van der Waals surface area (Å²) in [7, 11) is 0. The molecular weight excluding hydrogens is 232 g/mol. The molecule has 0 saturated carbocycles. The molecular formula is C13H14N2OS. The zero-order valence-electron chi connectivity index (χ0n) is 9.43. The highest BCUT2D eigenvalue weighted by molar-refractivity contribution is 7.10. The van der Waals surface area contributed by atoms with Gasteiger partial charge in [0.25, 0.3) is 0 Å². The van der Waals surface area contributed by atoms with Crippen LogP contribution in [0.4, 0.5) is 0 Å². The van der Waals surface area contributed by atoms with Gasteiger partial charge in [0, 0.05) is 23.8 Å². The molecule has 2 aromatic rings. The third-order valence-electron chi connectivity index (χ3n) is 3.10. The van der Waals surface area contributed by atoms with E-state index in [1.165, 1.54) is 21.6 Å². The van der Waals surface area contributed by atoms with Gasteiger partial charge in [-0.1, -0.05) is 0 Å². The number of nitrogens with two attached hydrogens (primary N) is 1. The van der Waals surface area contributed by atoms with Crippen LogP contribution >= 0.6 is 11.3 Å². The van der Waals surface area contributed by atoms with E-state index < -0.39 is 0 Å². The van der Waals surface area contributed by atoms with Crippen LogP contribution in [0.5, 0.6) is 0 Å². The number of nitrogens with zero attached hydrogens (tertiary/aromatic N) is 1. The third-order valence-corrected chi connectivity index (χ3v) is 4.21. The Balaban J connectivity index is 2.06. The Labute approximate surface area is 104 Å². The molecule has 1 aliphatic heterocycles. The number of thiophene rings is 1. The summed E-state index contributed by atoms with van der Waals surface area (Å²) in [6, 6.07) is 4.10. The van der Waals surface area contributed by atoms with Crippen LogP contribution in [0.3, 0.4) is 0 Å². The molecule has 2 N–H and O–H groups in total. The van der Waals surface area contributed by atoms with Crippen molar-refractivity contribution in [2.45, 2.75) is 12.5 Å².